The Morgan fingerprint density at radius 2 is 2.11 bits per heavy atom. The second-order valence-corrected chi connectivity index (χ2v) is 3.78. The molecule has 0 saturated carbocycles. The highest BCUT2D eigenvalue weighted by Crippen LogP contribution is 2.15. The van der Waals surface area contributed by atoms with Gasteiger partial charge in [-0.15, -0.1) is 0 Å². The van der Waals surface area contributed by atoms with Gasteiger partial charge >= 0.3 is 0 Å². The van der Waals surface area contributed by atoms with Crippen molar-refractivity contribution in [3.05, 3.63) is 54.1 Å². The number of nitrogens with one attached hydrogen (secondary N) is 1. The van der Waals surface area contributed by atoms with E-state index in [9.17, 15) is 9.90 Å². The van der Waals surface area contributed by atoms with Crippen LogP contribution in [0.15, 0.2) is 42.9 Å². The minimum absolute atomic E-state index is 0.134. The van der Waals surface area contributed by atoms with Crippen molar-refractivity contribution in [2.24, 2.45) is 0 Å². The molecule has 1 aromatic heterocycles. The van der Waals surface area contributed by atoms with E-state index in [2.05, 4.69) is 15.3 Å². The first-order valence-corrected chi connectivity index (χ1v) is 5.54. The normalized spacial score (nSPS) is 10.0. The van der Waals surface area contributed by atoms with E-state index in [4.69, 9.17) is 0 Å². The summed E-state index contributed by atoms with van der Waals surface area (Å²) in [5.74, 6) is -0.0233. The lowest BCUT2D eigenvalue weighted by Gasteiger charge is -2.06. The Balaban J connectivity index is 1.88. The van der Waals surface area contributed by atoms with Gasteiger partial charge in [0.05, 0.1) is 18.7 Å². The van der Waals surface area contributed by atoms with Gasteiger partial charge in [-0.2, -0.15) is 0 Å². The first-order valence-electron chi connectivity index (χ1n) is 5.54. The summed E-state index contributed by atoms with van der Waals surface area (Å²) in [5, 5.41) is 12.3. The van der Waals surface area contributed by atoms with Crippen LogP contribution in [-0.4, -0.2) is 21.0 Å². The fourth-order valence-electron chi connectivity index (χ4n) is 1.51. The standard InChI is InChI=1S/C13H13N3O2/c17-12-4-2-1-3-10(12)7-13(18)15-8-11-5-6-14-9-16-11/h1-6,9,17H,7-8H2,(H,15,18). The summed E-state index contributed by atoms with van der Waals surface area (Å²) < 4.78 is 0. The van der Waals surface area contributed by atoms with E-state index in [1.165, 1.54) is 6.33 Å². The van der Waals surface area contributed by atoms with E-state index >= 15 is 0 Å². The largest absolute Gasteiger partial charge is 0.508 e. The van der Waals surface area contributed by atoms with Gasteiger partial charge in [0.2, 0.25) is 5.91 Å². The van der Waals surface area contributed by atoms with Gasteiger partial charge in [-0.3, -0.25) is 4.79 Å². The molecule has 0 fully saturated rings. The number of carbonyl (C=O) groups excluding carboxylic acids is 1. The number of nitrogens with zero attached hydrogens (tertiary/aromatic N) is 2. The van der Waals surface area contributed by atoms with Gasteiger partial charge in [-0.1, -0.05) is 18.2 Å². The molecule has 0 aliphatic carbocycles. The first-order chi connectivity index (χ1) is 8.75. The van der Waals surface area contributed by atoms with Gasteiger partial charge in [0.15, 0.2) is 0 Å². The third kappa shape index (κ3) is 3.28. The molecule has 5 heteroatoms. The first kappa shape index (κ1) is 12.0. The third-order valence-electron chi connectivity index (χ3n) is 2.45. The zero-order valence-corrected chi connectivity index (χ0v) is 9.71. The molecule has 1 aromatic carbocycles. The molecule has 0 saturated heterocycles. The second-order valence-electron chi connectivity index (χ2n) is 3.78. The Hall–Kier alpha value is -2.43. The maximum atomic E-state index is 11.7. The number of amides is 1. The Bertz CT molecular complexity index is 529. The van der Waals surface area contributed by atoms with Crippen molar-refractivity contribution in [1.82, 2.24) is 15.3 Å². The summed E-state index contributed by atoms with van der Waals surface area (Å²) in [6, 6.07) is 8.53. The molecule has 0 atom stereocenters. The average molecular weight is 243 g/mol. The molecule has 0 aliphatic heterocycles. The number of hydrogen-bond acceptors (Lipinski definition) is 4. The number of aromatic nitrogens is 2. The topological polar surface area (TPSA) is 75.1 Å². The molecule has 0 aliphatic rings. The third-order valence-corrected chi connectivity index (χ3v) is 2.45. The fourth-order valence-corrected chi connectivity index (χ4v) is 1.51. The fraction of sp³-hybridized carbons (Fsp3) is 0.154. The van der Waals surface area contributed by atoms with Gasteiger partial charge in [0.1, 0.15) is 12.1 Å². The molecule has 2 N–H and O–H groups in total. The van der Waals surface area contributed by atoms with Crippen LogP contribution in [0.2, 0.25) is 0 Å². The van der Waals surface area contributed by atoms with Gasteiger partial charge in [-0.05, 0) is 12.1 Å². The summed E-state index contributed by atoms with van der Waals surface area (Å²) in [7, 11) is 0. The van der Waals surface area contributed by atoms with Crippen molar-refractivity contribution in [1.29, 1.82) is 0 Å². The average Bonchev–Trinajstić information content (AvgIpc) is 2.40. The molecule has 2 rings (SSSR count). The van der Waals surface area contributed by atoms with Crippen molar-refractivity contribution in [2.45, 2.75) is 13.0 Å². The van der Waals surface area contributed by atoms with Crippen LogP contribution in [0.1, 0.15) is 11.3 Å². The molecule has 2 aromatic rings. The summed E-state index contributed by atoms with van der Waals surface area (Å²) in [4.78, 5) is 19.5. The van der Waals surface area contributed by atoms with E-state index in [0.717, 1.165) is 5.69 Å². The number of aromatic hydroxyl groups is 1. The molecule has 0 bridgehead atoms. The molecule has 0 radical (unpaired) electrons. The predicted octanol–water partition coefficient (Wildman–Crippen LogP) is 1.04. The Morgan fingerprint density at radius 3 is 2.83 bits per heavy atom. The van der Waals surface area contributed by atoms with Gasteiger partial charge < -0.3 is 10.4 Å². The van der Waals surface area contributed by atoms with Crippen LogP contribution in [0.4, 0.5) is 0 Å². The van der Waals surface area contributed by atoms with E-state index < -0.39 is 0 Å². The van der Waals surface area contributed by atoms with Crippen molar-refractivity contribution in [3.63, 3.8) is 0 Å². The maximum Gasteiger partial charge on any atom is 0.224 e. The van der Waals surface area contributed by atoms with Crippen LogP contribution in [0.3, 0.4) is 0 Å². The van der Waals surface area contributed by atoms with Crippen molar-refractivity contribution >= 4 is 5.91 Å². The highest BCUT2D eigenvalue weighted by atomic mass is 16.3. The minimum Gasteiger partial charge on any atom is -0.508 e. The predicted molar refractivity (Wildman–Crippen MR) is 65.7 cm³/mol. The lowest BCUT2D eigenvalue weighted by Crippen LogP contribution is -2.25. The molecular formula is C13H13N3O2. The van der Waals surface area contributed by atoms with Crippen LogP contribution in [0.5, 0.6) is 5.75 Å². The lowest BCUT2D eigenvalue weighted by atomic mass is 10.1. The SMILES string of the molecule is O=C(Cc1ccccc1O)NCc1ccncn1. The van der Waals surface area contributed by atoms with Crippen LogP contribution < -0.4 is 5.32 Å². The molecular weight excluding hydrogens is 230 g/mol. The van der Waals surface area contributed by atoms with E-state index in [1.54, 1.807) is 36.5 Å². The zero-order valence-electron chi connectivity index (χ0n) is 9.71. The number of phenols is 1. The van der Waals surface area contributed by atoms with Crippen molar-refractivity contribution in [2.75, 3.05) is 0 Å². The smallest absolute Gasteiger partial charge is 0.224 e. The van der Waals surface area contributed by atoms with Crippen LogP contribution >= 0.6 is 0 Å². The highest BCUT2D eigenvalue weighted by molar-refractivity contribution is 5.79. The van der Waals surface area contributed by atoms with Crippen LogP contribution in [0, 0.1) is 0 Å². The zero-order chi connectivity index (χ0) is 12.8. The number of carbonyl (C=O) groups is 1. The minimum atomic E-state index is -0.157. The van der Waals surface area contributed by atoms with E-state index in [1.807, 2.05) is 0 Å². The lowest BCUT2D eigenvalue weighted by molar-refractivity contribution is -0.120. The Kier molecular flexibility index (Phi) is 3.86. The van der Waals surface area contributed by atoms with Crippen molar-refractivity contribution < 1.29 is 9.90 Å². The summed E-state index contributed by atoms with van der Waals surface area (Å²) in [5.41, 5.74) is 1.35. The molecule has 0 unspecified atom stereocenters. The van der Waals surface area contributed by atoms with Crippen molar-refractivity contribution in [3.8, 4) is 5.75 Å². The van der Waals surface area contributed by atoms with E-state index in [-0.39, 0.29) is 18.1 Å². The molecule has 18 heavy (non-hydrogen) atoms. The number of para-hydroxylation sites is 1. The summed E-state index contributed by atoms with van der Waals surface area (Å²) in [6.07, 6.45) is 3.21. The molecule has 5 nitrogen and oxygen atoms in total. The number of rotatable bonds is 4. The van der Waals surface area contributed by atoms with Crippen LogP contribution in [0.25, 0.3) is 0 Å². The highest BCUT2D eigenvalue weighted by Gasteiger charge is 2.06. The quantitative estimate of drug-likeness (QED) is 0.841. The molecule has 1 amide bonds. The van der Waals surface area contributed by atoms with Gasteiger partial charge in [0.25, 0.3) is 0 Å². The molecule has 92 valence electrons. The number of benzene rings is 1. The maximum absolute atomic E-state index is 11.7. The number of hydrogen-bond donors (Lipinski definition) is 2. The van der Waals surface area contributed by atoms with Gasteiger partial charge in [0, 0.05) is 11.8 Å². The van der Waals surface area contributed by atoms with Gasteiger partial charge in [-0.25, -0.2) is 9.97 Å². The monoisotopic (exact) mass is 243 g/mol. The number of phenolic OH excluding ortho intramolecular Hbond substituents is 1. The summed E-state index contributed by atoms with van der Waals surface area (Å²) in [6.45, 7) is 0.356. The Labute approximate surface area is 105 Å². The summed E-state index contributed by atoms with van der Waals surface area (Å²) >= 11 is 0. The molecule has 1 heterocycles. The van der Waals surface area contributed by atoms with Crippen LogP contribution in [-0.2, 0) is 17.8 Å². The Morgan fingerprint density at radius 1 is 1.28 bits per heavy atom. The molecule has 0 spiro atoms. The van der Waals surface area contributed by atoms with E-state index in [0.29, 0.717) is 12.1 Å². The second kappa shape index (κ2) is 5.77.